The van der Waals surface area contributed by atoms with E-state index < -0.39 is 0 Å². The third-order valence-electron chi connectivity index (χ3n) is 4.43. The molecular weight excluding hydrogens is 306 g/mol. The monoisotopic (exact) mass is 325 g/mol. The summed E-state index contributed by atoms with van der Waals surface area (Å²) in [5.74, 6) is 1.12. The maximum absolute atomic E-state index is 12.4. The Kier molecular flexibility index (Phi) is 3.94. The highest BCUT2D eigenvalue weighted by Gasteiger charge is 2.27. The standard InChI is InChI=1S/C16H19N7O/c24-16(20-14-9-11-3-1-4-13(11)21-22-14)23-8-5-12(10-23)19-15-17-6-2-7-18-15/h2,6-7,9,12H,1,3-5,8,10H2,(H,17,18,19)(H,20,22,24). The van der Waals surface area contributed by atoms with Crippen LogP contribution < -0.4 is 10.6 Å². The van der Waals surface area contributed by atoms with E-state index in [9.17, 15) is 4.79 Å². The molecule has 2 aromatic rings. The maximum Gasteiger partial charge on any atom is 0.323 e. The first-order valence-electron chi connectivity index (χ1n) is 8.23. The number of nitrogens with one attached hydrogen (secondary N) is 2. The predicted molar refractivity (Wildman–Crippen MR) is 88.7 cm³/mol. The van der Waals surface area contributed by atoms with Crippen molar-refractivity contribution in [3.63, 3.8) is 0 Å². The summed E-state index contributed by atoms with van der Waals surface area (Å²) in [5.41, 5.74) is 2.25. The Bertz CT molecular complexity index is 736. The van der Waals surface area contributed by atoms with Gasteiger partial charge in [0.1, 0.15) is 0 Å². The Hall–Kier alpha value is -2.77. The van der Waals surface area contributed by atoms with Crippen LogP contribution >= 0.6 is 0 Å². The van der Waals surface area contributed by atoms with Gasteiger partial charge >= 0.3 is 6.03 Å². The summed E-state index contributed by atoms with van der Waals surface area (Å²) in [7, 11) is 0. The van der Waals surface area contributed by atoms with Crippen LogP contribution in [0.25, 0.3) is 0 Å². The lowest BCUT2D eigenvalue weighted by Crippen LogP contribution is -2.35. The molecule has 2 N–H and O–H groups in total. The van der Waals surface area contributed by atoms with Gasteiger partial charge in [-0.3, -0.25) is 5.32 Å². The summed E-state index contributed by atoms with van der Waals surface area (Å²) < 4.78 is 0. The molecule has 8 nitrogen and oxygen atoms in total. The van der Waals surface area contributed by atoms with Crippen LogP contribution in [0, 0.1) is 0 Å². The lowest BCUT2D eigenvalue weighted by Gasteiger charge is -2.17. The van der Waals surface area contributed by atoms with Gasteiger partial charge in [0.2, 0.25) is 5.95 Å². The fourth-order valence-corrected chi connectivity index (χ4v) is 3.20. The lowest BCUT2D eigenvalue weighted by atomic mass is 10.2. The quantitative estimate of drug-likeness (QED) is 0.887. The predicted octanol–water partition coefficient (Wildman–Crippen LogP) is 1.47. The van der Waals surface area contributed by atoms with Crippen LogP contribution in [0.1, 0.15) is 24.1 Å². The number of urea groups is 1. The summed E-state index contributed by atoms with van der Waals surface area (Å²) in [6, 6.07) is 3.73. The first kappa shape index (κ1) is 14.8. The summed E-state index contributed by atoms with van der Waals surface area (Å²) in [4.78, 5) is 22.5. The second kappa shape index (κ2) is 6.38. The number of hydrogen-bond donors (Lipinski definition) is 2. The van der Waals surface area contributed by atoms with Crippen LogP contribution in [0.2, 0.25) is 0 Å². The molecule has 2 aliphatic rings. The molecule has 0 spiro atoms. The molecule has 1 fully saturated rings. The smallest absolute Gasteiger partial charge is 0.323 e. The van der Waals surface area contributed by atoms with Crippen LogP contribution in [0.3, 0.4) is 0 Å². The molecule has 1 aliphatic heterocycles. The molecule has 8 heteroatoms. The Morgan fingerprint density at radius 3 is 2.96 bits per heavy atom. The van der Waals surface area contributed by atoms with Crippen molar-refractivity contribution in [2.24, 2.45) is 0 Å². The van der Waals surface area contributed by atoms with Gasteiger partial charge in [-0.25, -0.2) is 14.8 Å². The van der Waals surface area contributed by atoms with Crippen molar-refractivity contribution in [1.29, 1.82) is 0 Å². The Labute approximate surface area is 139 Å². The average Bonchev–Trinajstić information content (AvgIpc) is 3.24. The molecule has 3 heterocycles. The van der Waals surface area contributed by atoms with E-state index >= 15 is 0 Å². The van der Waals surface area contributed by atoms with Crippen LogP contribution in [0.5, 0.6) is 0 Å². The molecule has 0 aromatic carbocycles. The van der Waals surface area contributed by atoms with Gasteiger partial charge in [-0.2, -0.15) is 5.10 Å². The van der Waals surface area contributed by atoms with Gasteiger partial charge in [-0.05, 0) is 43.4 Å². The van der Waals surface area contributed by atoms with Crippen molar-refractivity contribution in [3.05, 3.63) is 35.8 Å². The highest BCUT2D eigenvalue weighted by molar-refractivity contribution is 5.88. The van der Waals surface area contributed by atoms with Crippen LogP contribution in [0.4, 0.5) is 16.6 Å². The molecule has 2 amide bonds. The van der Waals surface area contributed by atoms with Gasteiger partial charge in [-0.15, -0.1) is 5.10 Å². The number of nitrogens with zero attached hydrogens (tertiary/aromatic N) is 5. The van der Waals surface area contributed by atoms with E-state index in [0.29, 0.717) is 24.9 Å². The zero-order chi connectivity index (χ0) is 16.4. The number of hydrogen-bond acceptors (Lipinski definition) is 6. The number of carbonyl (C=O) groups is 1. The summed E-state index contributed by atoms with van der Waals surface area (Å²) in [6.07, 6.45) is 7.37. The SMILES string of the molecule is O=C(Nc1cc2c(nn1)CCC2)N1CCC(Nc2ncccn2)C1. The minimum absolute atomic E-state index is 0.138. The van der Waals surface area contributed by atoms with E-state index in [1.807, 2.05) is 6.07 Å². The molecule has 0 saturated carbocycles. The van der Waals surface area contributed by atoms with Crippen molar-refractivity contribution in [3.8, 4) is 0 Å². The van der Waals surface area contributed by atoms with Gasteiger partial charge < -0.3 is 10.2 Å². The highest BCUT2D eigenvalue weighted by atomic mass is 16.2. The van der Waals surface area contributed by atoms with Crippen LogP contribution in [0.15, 0.2) is 24.5 Å². The number of anilines is 2. The van der Waals surface area contributed by atoms with E-state index in [1.165, 1.54) is 5.56 Å². The van der Waals surface area contributed by atoms with Gasteiger partial charge in [0, 0.05) is 31.5 Å². The molecule has 124 valence electrons. The first-order valence-corrected chi connectivity index (χ1v) is 8.23. The number of rotatable bonds is 3. The van der Waals surface area contributed by atoms with Gasteiger partial charge in [0.25, 0.3) is 0 Å². The van der Waals surface area contributed by atoms with Crippen molar-refractivity contribution >= 4 is 17.8 Å². The van der Waals surface area contributed by atoms with Crippen molar-refractivity contribution in [2.75, 3.05) is 23.7 Å². The zero-order valence-corrected chi connectivity index (χ0v) is 13.3. The number of amides is 2. The number of aryl methyl sites for hydroxylation is 2. The van der Waals surface area contributed by atoms with Crippen molar-refractivity contribution < 1.29 is 4.79 Å². The highest BCUT2D eigenvalue weighted by Crippen LogP contribution is 2.21. The normalized spacial score (nSPS) is 19.2. The maximum atomic E-state index is 12.4. The third-order valence-corrected chi connectivity index (χ3v) is 4.43. The van der Waals surface area contributed by atoms with Crippen LogP contribution in [-0.2, 0) is 12.8 Å². The van der Waals surface area contributed by atoms with E-state index in [0.717, 1.165) is 31.4 Å². The lowest BCUT2D eigenvalue weighted by molar-refractivity contribution is 0.222. The number of likely N-dealkylation sites (tertiary alicyclic amines) is 1. The largest absolute Gasteiger partial charge is 0.350 e. The summed E-state index contributed by atoms with van der Waals surface area (Å²) in [6.45, 7) is 1.30. The third kappa shape index (κ3) is 3.12. The van der Waals surface area contributed by atoms with Crippen LogP contribution in [-0.4, -0.2) is 50.2 Å². The second-order valence-electron chi connectivity index (χ2n) is 6.13. The molecule has 1 unspecified atom stereocenters. The topological polar surface area (TPSA) is 95.9 Å². The Morgan fingerprint density at radius 2 is 2.08 bits per heavy atom. The zero-order valence-electron chi connectivity index (χ0n) is 13.3. The van der Waals surface area contributed by atoms with Crippen molar-refractivity contribution in [1.82, 2.24) is 25.1 Å². The van der Waals surface area contributed by atoms with Gasteiger partial charge in [-0.1, -0.05) is 0 Å². The molecule has 4 rings (SSSR count). The molecule has 0 radical (unpaired) electrons. The van der Waals surface area contributed by atoms with Gasteiger partial charge in [0.15, 0.2) is 5.82 Å². The molecule has 0 bridgehead atoms. The summed E-state index contributed by atoms with van der Waals surface area (Å²) >= 11 is 0. The Balaban J connectivity index is 1.34. The fourth-order valence-electron chi connectivity index (χ4n) is 3.20. The first-order chi connectivity index (χ1) is 11.8. The van der Waals surface area contributed by atoms with E-state index in [-0.39, 0.29) is 12.1 Å². The molecule has 1 atom stereocenters. The molecule has 2 aromatic heterocycles. The number of carbonyl (C=O) groups excluding carboxylic acids is 1. The molecule has 1 saturated heterocycles. The van der Waals surface area contributed by atoms with E-state index in [2.05, 4.69) is 30.8 Å². The minimum Gasteiger partial charge on any atom is -0.350 e. The molecular formula is C16H19N7O. The van der Waals surface area contributed by atoms with E-state index in [1.54, 1.807) is 23.4 Å². The average molecular weight is 325 g/mol. The summed E-state index contributed by atoms with van der Waals surface area (Å²) in [5, 5.41) is 14.4. The minimum atomic E-state index is -0.138. The van der Waals surface area contributed by atoms with Gasteiger partial charge in [0.05, 0.1) is 5.69 Å². The van der Waals surface area contributed by atoms with E-state index in [4.69, 9.17) is 0 Å². The number of fused-ring (bicyclic) bond motifs is 1. The molecule has 24 heavy (non-hydrogen) atoms. The van der Waals surface area contributed by atoms with Crippen molar-refractivity contribution in [2.45, 2.75) is 31.7 Å². The second-order valence-corrected chi connectivity index (χ2v) is 6.13. The fraction of sp³-hybridized carbons (Fsp3) is 0.438. The number of aromatic nitrogens is 4. The molecule has 1 aliphatic carbocycles. The Morgan fingerprint density at radius 1 is 1.21 bits per heavy atom.